The largest absolute Gasteiger partial charge is 0.495 e. The molecule has 2 aromatic rings. The highest BCUT2D eigenvalue weighted by Crippen LogP contribution is 2.28. The summed E-state index contributed by atoms with van der Waals surface area (Å²) in [6.45, 7) is 5.85. The Balaban J connectivity index is 1.56. The van der Waals surface area contributed by atoms with Crippen molar-refractivity contribution in [2.24, 2.45) is 0 Å². The number of amides is 1. The zero-order valence-electron chi connectivity index (χ0n) is 16.2. The summed E-state index contributed by atoms with van der Waals surface area (Å²) in [5.74, 6) is 1.77. The van der Waals surface area contributed by atoms with Crippen LogP contribution in [0.25, 0.3) is 0 Å². The van der Waals surface area contributed by atoms with Crippen LogP contribution in [0.5, 0.6) is 11.5 Å². The molecule has 1 amide bonds. The molecule has 1 fully saturated rings. The average molecular weight is 368 g/mol. The maximum Gasteiger partial charge on any atom is 0.253 e. The van der Waals surface area contributed by atoms with E-state index >= 15 is 0 Å². The predicted molar refractivity (Wildman–Crippen MR) is 108 cm³/mol. The van der Waals surface area contributed by atoms with Crippen molar-refractivity contribution in [3.05, 3.63) is 54.1 Å². The van der Waals surface area contributed by atoms with Crippen LogP contribution in [0.15, 0.2) is 48.5 Å². The lowest BCUT2D eigenvalue weighted by atomic mass is 10.1. The SMILES string of the molecule is CCCCOc1ccc(C(=O)N2CCN(c3ccccc3OC)CC2)cc1. The van der Waals surface area contributed by atoms with Crippen LogP contribution in [-0.4, -0.2) is 50.7 Å². The minimum absolute atomic E-state index is 0.0785. The highest BCUT2D eigenvalue weighted by atomic mass is 16.5. The number of unbranched alkanes of at least 4 members (excludes halogenated alkanes) is 1. The second kappa shape index (κ2) is 9.31. The maximum absolute atomic E-state index is 12.8. The summed E-state index contributed by atoms with van der Waals surface area (Å²) in [7, 11) is 1.69. The third kappa shape index (κ3) is 4.73. The Morgan fingerprint density at radius 3 is 2.37 bits per heavy atom. The van der Waals surface area contributed by atoms with Gasteiger partial charge in [0.1, 0.15) is 11.5 Å². The molecule has 0 spiro atoms. The number of para-hydroxylation sites is 2. The number of rotatable bonds is 7. The van der Waals surface area contributed by atoms with E-state index in [1.807, 2.05) is 47.4 Å². The summed E-state index contributed by atoms with van der Waals surface area (Å²) < 4.78 is 11.1. The fraction of sp³-hybridized carbons (Fsp3) is 0.409. The molecule has 0 saturated carbocycles. The highest BCUT2D eigenvalue weighted by molar-refractivity contribution is 5.94. The quantitative estimate of drug-likeness (QED) is 0.697. The first-order valence-corrected chi connectivity index (χ1v) is 9.63. The van der Waals surface area contributed by atoms with Crippen molar-refractivity contribution >= 4 is 11.6 Å². The number of carbonyl (C=O) groups is 1. The lowest BCUT2D eigenvalue weighted by molar-refractivity contribution is 0.0746. The van der Waals surface area contributed by atoms with Gasteiger partial charge in [0.15, 0.2) is 0 Å². The third-order valence-corrected chi connectivity index (χ3v) is 4.86. The first-order chi connectivity index (χ1) is 13.2. The smallest absolute Gasteiger partial charge is 0.253 e. The molecule has 0 N–H and O–H groups in total. The molecule has 2 aromatic carbocycles. The van der Waals surface area contributed by atoms with Crippen molar-refractivity contribution < 1.29 is 14.3 Å². The Kier molecular flexibility index (Phi) is 6.58. The van der Waals surface area contributed by atoms with Crippen molar-refractivity contribution in [2.45, 2.75) is 19.8 Å². The Labute approximate surface area is 161 Å². The van der Waals surface area contributed by atoms with E-state index in [1.165, 1.54) is 0 Å². The number of piperazine rings is 1. The second-order valence-electron chi connectivity index (χ2n) is 6.68. The topological polar surface area (TPSA) is 42.0 Å². The summed E-state index contributed by atoms with van der Waals surface area (Å²) in [4.78, 5) is 17.0. The number of hydrogen-bond acceptors (Lipinski definition) is 4. The molecular formula is C22H28N2O3. The number of nitrogens with zero attached hydrogens (tertiary/aromatic N) is 2. The number of ether oxygens (including phenoxy) is 2. The van der Waals surface area contributed by atoms with Gasteiger partial charge in [-0.05, 0) is 42.8 Å². The van der Waals surface area contributed by atoms with Gasteiger partial charge in [-0.1, -0.05) is 25.5 Å². The van der Waals surface area contributed by atoms with Crippen LogP contribution in [0.1, 0.15) is 30.1 Å². The van der Waals surface area contributed by atoms with Gasteiger partial charge in [0.25, 0.3) is 5.91 Å². The average Bonchev–Trinajstić information content (AvgIpc) is 2.74. The van der Waals surface area contributed by atoms with Crippen LogP contribution in [0.2, 0.25) is 0 Å². The molecule has 0 aliphatic carbocycles. The molecular weight excluding hydrogens is 340 g/mol. The molecule has 1 aliphatic rings. The molecule has 1 aliphatic heterocycles. The normalized spacial score (nSPS) is 14.1. The van der Waals surface area contributed by atoms with Crippen LogP contribution in [-0.2, 0) is 0 Å². The van der Waals surface area contributed by atoms with E-state index in [9.17, 15) is 4.79 Å². The molecule has 27 heavy (non-hydrogen) atoms. The minimum atomic E-state index is 0.0785. The Hall–Kier alpha value is -2.69. The van der Waals surface area contributed by atoms with Crippen molar-refractivity contribution in [3.8, 4) is 11.5 Å². The maximum atomic E-state index is 12.8. The molecule has 0 unspecified atom stereocenters. The second-order valence-corrected chi connectivity index (χ2v) is 6.68. The molecule has 5 heteroatoms. The van der Waals surface area contributed by atoms with Gasteiger partial charge in [0.2, 0.25) is 0 Å². The number of anilines is 1. The van der Waals surface area contributed by atoms with Gasteiger partial charge in [-0.2, -0.15) is 0 Å². The van der Waals surface area contributed by atoms with Crippen LogP contribution < -0.4 is 14.4 Å². The van der Waals surface area contributed by atoms with E-state index < -0.39 is 0 Å². The zero-order valence-corrected chi connectivity index (χ0v) is 16.2. The first-order valence-electron chi connectivity index (χ1n) is 9.63. The van der Waals surface area contributed by atoms with Gasteiger partial charge in [0, 0.05) is 31.7 Å². The van der Waals surface area contributed by atoms with E-state index in [-0.39, 0.29) is 5.91 Å². The Morgan fingerprint density at radius 1 is 1.00 bits per heavy atom. The van der Waals surface area contributed by atoms with Crippen molar-refractivity contribution in [1.29, 1.82) is 0 Å². The van der Waals surface area contributed by atoms with Gasteiger partial charge in [-0.25, -0.2) is 0 Å². The van der Waals surface area contributed by atoms with Gasteiger partial charge >= 0.3 is 0 Å². The molecule has 5 nitrogen and oxygen atoms in total. The van der Waals surface area contributed by atoms with Gasteiger partial charge in [0.05, 0.1) is 19.4 Å². The molecule has 1 saturated heterocycles. The van der Waals surface area contributed by atoms with E-state index in [1.54, 1.807) is 7.11 Å². The van der Waals surface area contributed by atoms with E-state index in [4.69, 9.17) is 9.47 Å². The van der Waals surface area contributed by atoms with Gasteiger partial charge < -0.3 is 19.3 Å². The third-order valence-electron chi connectivity index (χ3n) is 4.86. The number of methoxy groups -OCH3 is 1. The molecule has 144 valence electrons. The molecule has 3 rings (SSSR count). The zero-order chi connectivity index (χ0) is 19.1. The summed E-state index contributed by atoms with van der Waals surface area (Å²) in [6, 6.07) is 15.5. The monoisotopic (exact) mass is 368 g/mol. The van der Waals surface area contributed by atoms with E-state index in [0.717, 1.165) is 43.1 Å². The molecule has 0 radical (unpaired) electrons. The predicted octanol–water partition coefficient (Wildman–Crippen LogP) is 3.84. The van der Waals surface area contributed by atoms with E-state index in [2.05, 4.69) is 17.9 Å². The number of benzene rings is 2. The van der Waals surface area contributed by atoms with Crippen LogP contribution >= 0.6 is 0 Å². The van der Waals surface area contributed by atoms with Crippen molar-refractivity contribution in [2.75, 3.05) is 44.8 Å². The van der Waals surface area contributed by atoms with Crippen LogP contribution in [0.4, 0.5) is 5.69 Å². The summed E-state index contributed by atoms with van der Waals surface area (Å²) in [5.41, 5.74) is 1.80. The number of hydrogen-bond donors (Lipinski definition) is 0. The lowest BCUT2D eigenvalue weighted by Gasteiger charge is -2.36. The van der Waals surface area contributed by atoms with E-state index in [0.29, 0.717) is 25.3 Å². The van der Waals surface area contributed by atoms with Gasteiger partial charge in [-0.3, -0.25) is 4.79 Å². The standard InChI is InChI=1S/C22H28N2O3/c1-3-4-17-27-19-11-9-18(10-12-19)22(25)24-15-13-23(14-16-24)20-7-5-6-8-21(20)26-2/h5-12H,3-4,13-17H2,1-2H3. The van der Waals surface area contributed by atoms with Crippen LogP contribution in [0, 0.1) is 0 Å². The highest BCUT2D eigenvalue weighted by Gasteiger charge is 2.23. The fourth-order valence-corrected chi connectivity index (χ4v) is 3.25. The first kappa shape index (κ1) is 19.1. The minimum Gasteiger partial charge on any atom is -0.495 e. The fourth-order valence-electron chi connectivity index (χ4n) is 3.25. The van der Waals surface area contributed by atoms with Gasteiger partial charge in [-0.15, -0.1) is 0 Å². The molecule has 0 aromatic heterocycles. The Bertz CT molecular complexity index is 737. The van der Waals surface area contributed by atoms with Crippen molar-refractivity contribution in [3.63, 3.8) is 0 Å². The van der Waals surface area contributed by atoms with Crippen molar-refractivity contribution in [1.82, 2.24) is 4.90 Å². The lowest BCUT2D eigenvalue weighted by Crippen LogP contribution is -2.48. The van der Waals surface area contributed by atoms with Crippen LogP contribution in [0.3, 0.4) is 0 Å². The summed E-state index contributed by atoms with van der Waals surface area (Å²) in [6.07, 6.45) is 2.15. The number of carbonyl (C=O) groups excluding carboxylic acids is 1. The molecule has 1 heterocycles. The molecule has 0 atom stereocenters. The summed E-state index contributed by atoms with van der Waals surface area (Å²) >= 11 is 0. The molecule has 0 bridgehead atoms. The summed E-state index contributed by atoms with van der Waals surface area (Å²) in [5, 5.41) is 0. The Morgan fingerprint density at radius 2 is 1.70 bits per heavy atom.